The van der Waals surface area contributed by atoms with Crippen molar-refractivity contribution in [3.63, 3.8) is 0 Å². The Hall–Kier alpha value is -1.37. The van der Waals surface area contributed by atoms with Gasteiger partial charge >= 0.3 is 10.1 Å². The first-order valence-corrected chi connectivity index (χ1v) is 9.76. The number of benzene rings is 3. The van der Waals surface area contributed by atoms with Crippen molar-refractivity contribution >= 4 is 52.8 Å². The second kappa shape index (κ2) is 6.26. The second-order valence-electron chi connectivity index (χ2n) is 5.00. The molecule has 3 rings (SSSR count). The van der Waals surface area contributed by atoms with Crippen LogP contribution >= 0.6 is 31.9 Å². The van der Waals surface area contributed by atoms with Crippen molar-refractivity contribution in [1.82, 2.24) is 0 Å². The van der Waals surface area contributed by atoms with E-state index in [-0.39, 0.29) is 4.90 Å². The first-order chi connectivity index (χ1) is 10.9. The normalized spacial score (nSPS) is 11.6. The number of hydrogen-bond donors (Lipinski definition) is 0. The minimum Gasteiger partial charge on any atom is -0.379 e. The molecule has 0 fully saturated rings. The topological polar surface area (TPSA) is 43.4 Å². The van der Waals surface area contributed by atoms with Crippen molar-refractivity contribution in [2.45, 2.75) is 11.8 Å². The van der Waals surface area contributed by atoms with Gasteiger partial charge in [-0.2, -0.15) is 8.42 Å². The van der Waals surface area contributed by atoms with E-state index in [1.807, 2.05) is 24.3 Å². The third kappa shape index (κ3) is 3.16. The predicted molar refractivity (Wildman–Crippen MR) is 98.3 cm³/mol. The summed E-state index contributed by atoms with van der Waals surface area (Å²) in [5, 5.41) is 1.50. The van der Waals surface area contributed by atoms with E-state index in [2.05, 4.69) is 31.9 Å². The fourth-order valence-corrected chi connectivity index (χ4v) is 4.27. The molecule has 0 atom stereocenters. The van der Waals surface area contributed by atoms with Crippen molar-refractivity contribution in [2.24, 2.45) is 0 Å². The lowest BCUT2D eigenvalue weighted by molar-refractivity contribution is 0.485. The van der Waals surface area contributed by atoms with Crippen LogP contribution in [0.4, 0.5) is 0 Å². The molecule has 3 aromatic carbocycles. The highest BCUT2D eigenvalue weighted by Gasteiger charge is 2.21. The van der Waals surface area contributed by atoms with E-state index >= 15 is 0 Å². The van der Waals surface area contributed by atoms with Crippen LogP contribution in [0.3, 0.4) is 0 Å². The van der Waals surface area contributed by atoms with Crippen molar-refractivity contribution < 1.29 is 12.6 Å². The quantitative estimate of drug-likeness (QED) is 0.493. The molecule has 0 aliphatic rings. The lowest BCUT2D eigenvalue weighted by Crippen LogP contribution is -2.11. The zero-order valence-electron chi connectivity index (χ0n) is 12.1. The van der Waals surface area contributed by atoms with E-state index in [0.29, 0.717) is 16.7 Å². The van der Waals surface area contributed by atoms with E-state index in [1.165, 1.54) is 0 Å². The van der Waals surface area contributed by atoms with Gasteiger partial charge in [-0.1, -0.05) is 36.4 Å². The third-order valence-electron chi connectivity index (χ3n) is 3.51. The lowest BCUT2D eigenvalue weighted by atomic mass is 10.1. The zero-order valence-corrected chi connectivity index (χ0v) is 16.1. The molecule has 0 heterocycles. The van der Waals surface area contributed by atoms with Crippen molar-refractivity contribution in [3.05, 3.63) is 69.1 Å². The van der Waals surface area contributed by atoms with E-state index in [9.17, 15) is 8.42 Å². The molecule has 23 heavy (non-hydrogen) atoms. The van der Waals surface area contributed by atoms with Gasteiger partial charge in [0, 0.05) is 19.9 Å². The van der Waals surface area contributed by atoms with Gasteiger partial charge in [0.2, 0.25) is 0 Å². The summed E-state index contributed by atoms with van der Waals surface area (Å²) in [7, 11) is -3.93. The molecule has 0 saturated carbocycles. The summed E-state index contributed by atoms with van der Waals surface area (Å²) < 4.78 is 32.4. The Morgan fingerprint density at radius 3 is 2.39 bits per heavy atom. The molecule has 118 valence electrons. The zero-order chi connectivity index (χ0) is 16.6. The SMILES string of the molecule is Cc1c(OS(=O)(=O)c2cccc3ccccc23)ccc(Br)c1Br. The largest absolute Gasteiger partial charge is 0.379 e. The summed E-state index contributed by atoms with van der Waals surface area (Å²) in [6.45, 7) is 1.79. The molecular formula is C17H12Br2O3S. The van der Waals surface area contributed by atoms with Crippen LogP contribution in [-0.2, 0) is 10.1 Å². The smallest absolute Gasteiger partial charge is 0.339 e. The van der Waals surface area contributed by atoms with E-state index in [0.717, 1.165) is 14.3 Å². The van der Waals surface area contributed by atoms with Gasteiger partial charge < -0.3 is 4.18 Å². The van der Waals surface area contributed by atoms with Crippen LogP contribution in [-0.4, -0.2) is 8.42 Å². The van der Waals surface area contributed by atoms with Gasteiger partial charge in [-0.05, 0) is 62.4 Å². The highest BCUT2D eigenvalue weighted by Crippen LogP contribution is 2.34. The van der Waals surface area contributed by atoms with Crippen LogP contribution < -0.4 is 4.18 Å². The van der Waals surface area contributed by atoms with Gasteiger partial charge in [0.1, 0.15) is 10.6 Å². The minimum absolute atomic E-state index is 0.161. The number of halogens is 2. The second-order valence-corrected chi connectivity index (χ2v) is 8.16. The maximum atomic E-state index is 12.7. The van der Waals surface area contributed by atoms with Gasteiger partial charge in [0.15, 0.2) is 0 Å². The average Bonchev–Trinajstić information content (AvgIpc) is 2.55. The Morgan fingerprint density at radius 2 is 1.61 bits per heavy atom. The van der Waals surface area contributed by atoms with Crippen molar-refractivity contribution in [1.29, 1.82) is 0 Å². The summed E-state index contributed by atoms with van der Waals surface area (Å²) in [5.74, 6) is 0.299. The maximum Gasteiger partial charge on any atom is 0.339 e. The fraction of sp³-hybridized carbons (Fsp3) is 0.0588. The molecule has 0 aliphatic carbocycles. The highest BCUT2D eigenvalue weighted by molar-refractivity contribution is 9.13. The molecule has 0 N–H and O–H groups in total. The third-order valence-corrected chi connectivity index (χ3v) is 7.02. The summed E-state index contributed by atoms with van der Waals surface area (Å²) in [4.78, 5) is 0.161. The molecule has 0 amide bonds. The number of hydrogen-bond acceptors (Lipinski definition) is 3. The van der Waals surface area contributed by atoms with Crippen LogP contribution in [0, 0.1) is 6.92 Å². The number of rotatable bonds is 3. The Labute approximate surface area is 151 Å². The summed E-state index contributed by atoms with van der Waals surface area (Å²) in [6.07, 6.45) is 0. The summed E-state index contributed by atoms with van der Waals surface area (Å²) in [5.41, 5.74) is 0.711. The Balaban J connectivity index is 2.10. The first-order valence-electron chi connectivity index (χ1n) is 6.77. The van der Waals surface area contributed by atoms with Gasteiger partial charge in [0.05, 0.1) is 0 Å². The van der Waals surface area contributed by atoms with E-state index in [4.69, 9.17) is 4.18 Å². The monoisotopic (exact) mass is 454 g/mol. The molecule has 0 unspecified atom stereocenters. The van der Waals surface area contributed by atoms with Crippen LogP contribution in [0.2, 0.25) is 0 Å². The summed E-state index contributed by atoms with van der Waals surface area (Å²) >= 11 is 6.80. The van der Waals surface area contributed by atoms with Gasteiger partial charge in [-0.15, -0.1) is 0 Å². The van der Waals surface area contributed by atoms with Crippen LogP contribution in [0.15, 0.2) is 68.4 Å². The highest BCUT2D eigenvalue weighted by atomic mass is 79.9. The lowest BCUT2D eigenvalue weighted by Gasteiger charge is -2.12. The molecule has 0 aliphatic heterocycles. The molecule has 3 nitrogen and oxygen atoms in total. The van der Waals surface area contributed by atoms with E-state index in [1.54, 1.807) is 37.3 Å². The standard InChI is InChI=1S/C17H12Br2O3S/c1-11-15(10-9-14(18)17(11)19)22-23(20,21)16-8-4-6-12-5-2-3-7-13(12)16/h2-10H,1H3. The molecule has 3 aromatic rings. The molecule has 0 aromatic heterocycles. The molecule has 0 spiro atoms. The average molecular weight is 456 g/mol. The van der Waals surface area contributed by atoms with Crippen LogP contribution in [0.1, 0.15) is 5.56 Å². The molecule has 0 radical (unpaired) electrons. The minimum atomic E-state index is -3.93. The molecule has 0 bridgehead atoms. The molecule has 0 saturated heterocycles. The van der Waals surface area contributed by atoms with Crippen molar-refractivity contribution in [3.8, 4) is 5.75 Å². The van der Waals surface area contributed by atoms with Gasteiger partial charge in [0.25, 0.3) is 0 Å². The molecular weight excluding hydrogens is 444 g/mol. The Kier molecular flexibility index (Phi) is 4.49. The molecule has 6 heteroatoms. The maximum absolute atomic E-state index is 12.7. The fourth-order valence-electron chi connectivity index (χ4n) is 2.30. The van der Waals surface area contributed by atoms with E-state index < -0.39 is 10.1 Å². The summed E-state index contributed by atoms with van der Waals surface area (Å²) in [6, 6.07) is 15.8. The predicted octanol–water partition coefficient (Wildman–Crippen LogP) is 5.44. The van der Waals surface area contributed by atoms with Crippen LogP contribution in [0.25, 0.3) is 10.8 Å². The Bertz CT molecular complexity index is 993. The van der Waals surface area contributed by atoms with Gasteiger partial charge in [-0.3, -0.25) is 0 Å². The van der Waals surface area contributed by atoms with Gasteiger partial charge in [-0.25, -0.2) is 0 Å². The van der Waals surface area contributed by atoms with Crippen molar-refractivity contribution in [2.75, 3.05) is 0 Å². The first kappa shape index (κ1) is 16.5. The number of fused-ring (bicyclic) bond motifs is 1. The Morgan fingerprint density at radius 1 is 0.913 bits per heavy atom. The van der Waals surface area contributed by atoms with Crippen LogP contribution in [0.5, 0.6) is 5.75 Å².